The normalized spacial score (nSPS) is 13.4. The van der Waals surface area contributed by atoms with Crippen molar-refractivity contribution in [3.63, 3.8) is 0 Å². The van der Waals surface area contributed by atoms with Crippen molar-refractivity contribution in [1.29, 1.82) is 0 Å². The number of halogens is 1. The highest BCUT2D eigenvalue weighted by molar-refractivity contribution is 9.10. The second kappa shape index (κ2) is 5.45. The van der Waals surface area contributed by atoms with Gasteiger partial charge in [0.05, 0.1) is 0 Å². The van der Waals surface area contributed by atoms with Crippen LogP contribution in [0.2, 0.25) is 0 Å². The summed E-state index contributed by atoms with van der Waals surface area (Å²) in [4.78, 5) is 0. The number of fused-ring (bicyclic) bond motifs is 1. The molecule has 0 aliphatic carbocycles. The molecular weight excluding hydrogens is 288 g/mol. The van der Waals surface area contributed by atoms with Gasteiger partial charge in [-0.1, -0.05) is 22.0 Å². The van der Waals surface area contributed by atoms with E-state index in [4.69, 9.17) is 0 Å². The van der Waals surface area contributed by atoms with Crippen LogP contribution < -0.4 is 5.32 Å². The summed E-state index contributed by atoms with van der Waals surface area (Å²) < 4.78 is 3.58. The summed E-state index contributed by atoms with van der Waals surface area (Å²) in [6, 6.07) is 9.80. The average Bonchev–Trinajstić information content (AvgIpc) is 2.65. The van der Waals surface area contributed by atoms with Crippen LogP contribution in [0.4, 0.5) is 0 Å². The Kier molecular flexibility index (Phi) is 4.13. The highest BCUT2D eigenvalue weighted by atomic mass is 79.9. The molecule has 0 spiro atoms. The van der Waals surface area contributed by atoms with Gasteiger partial charge in [-0.2, -0.15) is 0 Å². The van der Waals surface area contributed by atoms with Crippen LogP contribution in [0.15, 0.2) is 28.7 Å². The fourth-order valence-electron chi connectivity index (χ4n) is 2.43. The van der Waals surface area contributed by atoms with Gasteiger partial charge in [0.25, 0.3) is 0 Å². The Morgan fingerprint density at radius 1 is 1.22 bits per heavy atom. The molecule has 2 aromatic rings. The summed E-state index contributed by atoms with van der Waals surface area (Å²) in [5.41, 5.74) is 2.72. The predicted molar refractivity (Wildman–Crippen MR) is 82.2 cm³/mol. The zero-order valence-electron chi connectivity index (χ0n) is 11.5. The van der Waals surface area contributed by atoms with Crippen LogP contribution in [0.3, 0.4) is 0 Å². The van der Waals surface area contributed by atoms with Crippen LogP contribution in [0.1, 0.15) is 32.5 Å². The van der Waals surface area contributed by atoms with Crippen LogP contribution >= 0.6 is 15.9 Å². The molecule has 2 nitrogen and oxygen atoms in total. The Morgan fingerprint density at radius 2 is 1.94 bits per heavy atom. The minimum Gasteiger partial charge on any atom is -0.342 e. The molecule has 1 heterocycles. The number of aromatic nitrogens is 1. The quantitative estimate of drug-likeness (QED) is 0.898. The van der Waals surface area contributed by atoms with Gasteiger partial charge in [0, 0.05) is 34.2 Å². The lowest BCUT2D eigenvalue weighted by atomic mass is 10.1. The minimum atomic E-state index is 0.482. The van der Waals surface area contributed by atoms with Gasteiger partial charge in [0.15, 0.2) is 0 Å². The Labute approximate surface area is 118 Å². The summed E-state index contributed by atoms with van der Waals surface area (Å²) in [5.74, 6) is 0. The van der Waals surface area contributed by atoms with Crippen molar-refractivity contribution in [2.45, 2.75) is 39.3 Å². The van der Waals surface area contributed by atoms with Crippen LogP contribution in [0.25, 0.3) is 10.9 Å². The van der Waals surface area contributed by atoms with E-state index in [9.17, 15) is 0 Å². The van der Waals surface area contributed by atoms with E-state index in [1.54, 1.807) is 0 Å². The largest absolute Gasteiger partial charge is 0.342 e. The van der Waals surface area contributed by atoms with Gasteiger partial charge < -0.3 is 9.88 Å². The van der Waals surface area contributed by atoms with E-state index in [0.29, 0.717) is 12.1 Å². The first-order valence-electron chi connectivity index (χ1n) is 6.49. The highest BCUT2D eigenvalue weighted by Gasteiger charge is 2.13. The molecular formula is C15H21BrN2. The Balaban J connectivity index is 2.55. The monoisotopic (exact) mass is 308 g/mol. The van der Waals surface area contributed by atoms with Gasteiger partial charge in [0.1, 0.15) is 0 Å². The van der Waals surface area contributed by atoms with Crippen LogP contribution in [-0.4, -0.2) is 17.7 Å². The SMILES string of the molecule is CNC(C)Cc1cc2ccc(Br)cc2n1C(C)C. The van der Waals surface area contributed by atoms with E-state index >= 15 is 0 Å². The van der Waals surface area contributed by atoms with E-state index in [1.165, 1.54) is 16.6 Å². The summed E-state index contributed by atoms with van der Waals surface area (Å²) in [5, 5.41) is 4.64. The first-order chi connectivity index (χ1) is 8.52. The van der Waals surface area contributed by atoms with Crippen molar-refractivity contribution in [3.05, 3.63) is 34.4 Å². The molecule has 98 valence electrons. The van der Waals surface area contributed by atoms with Crippen molar-refractivity contribution in [1.82, 2.24) is 9.88 Å². The second-order valence-electron chi connectivity index (χ2n) is 5.20. The Hall–Kier alpha value is -0.800. The summed E-state index contributed by atoms with van der Waals surface area (Å²) >= 11 is 3.56. The molecule has 0 fully saturated rings. The van der Waals surface area contributed by atoms with E-state index < -0.39 is 0 Å². The fraction of sp³-hybridized carbons (Fsp3) is 0.467. The van der Waals surface area contributed by atoms with Crippen molar-refractivity contribution in [2.75, 3.05) is 7.05 Å². The molecule has 0 saturated heterocycles. The lowest BCUT2D eigenvalue weighted by Crippen LogP contribution is -2.25. The van der Waals surface area contributed by atoms with E-state index in [-0.39, 0.29) is 0 Å². The molecule has 1 aromatic heterocycles. The molecule has 0 saturated carbocycles. The smallest absolute Gasteiger partial charge is 0.0496 e. The molecule has 0 radical (unpaired) electrons. The summed E-state index contributed by atoms with van der Waals surface area (Å²) in [7, 11) is 2.02. The maximum absolute atomic E-state index is 3.56. The number of likely N-dealkylation sites (N-methyl/N-ethyl adjacent to an activating group) is 1. The van der Waals surface area contributed by atoms with Crippen LogP contribution in [-0.2, 0) is 6.42 Å². The lowest BCUT2D eigenvalue weighted by molar-refractivity contribution is 0.545. The maximum atomic E-state index is 3.56. The molecule has 2 rings (SSSR count). The van der Waals surface area contributed by atoms with Crippen LogP contribution in [0.5, 0.6) is 0 Å². The average molecular weight is 309 g/mol. The van der Waals surface area contributed by atoms with Gasteiger partial charge in [-0.05, 0) is 51.4 Å². The third-order valence-corrected chi connectivity index (χ3v) is 3.90. The van der Waals surface area contributed by atoms with Crippen molar-refractivity contribution < 1.29 is 0 Å². The second-order valence-corrected chi connectivity index (χ2v) is 6.11. The number of rotatable bonds is 4. The van der Waals surface area contributed by atoms with E-state index in [2.05, 4.69) is 70.9 Å². The van der Waals surface area contributed by atoms with E-state index in [0.717, 1.165) is 10.9 Å². The Bertz CT molecular complexity index is 543. The molecule has 1 aromatic carbocycles. The van der Waals surface area contributed by atoms with Crippen molar-refractivity contribution in [2.24, 2.45) is 0 Å². The van der Waals surface area contributed by atoms with Crippen LogP contribution in [0, 0.1) is 0 Å². The molecule has 18 heavy (non-hydrogen) atoms. The first-order valence-corrected chi connectivity index (χ1v) is 7.29. The third kappa shape index (κ3) is 2.62. The molecule has 0 aliphatic heterocycles. The highest BCUT2D eigenvalue weighted by Crippen LogP contribution is 2.27. The molecule has 0 bridgehead atoms. The number of hydrogen-bond donors (Lipinski definition) is 1. The summed E-state index contributed by atoms with van der Waals surface area (Å²) in [6.45, 7) is 6.71. The number of hydrogen-bond acceptors (Lipinski definition) is 1. The molecule has 1 unspecified atom stereocenters. The topological polar surface area (TPSA) is 17.0 Å². The number of nitrogens with zero attached hydrogens (tertiary/aromatic N) is 1. The zero-order valence-corrected chi connectivity index (χ0v) is 13.1. The van der Waals surface area contributed by atoms with Gasteiger partial charge in [0.2, 0.25) is 0 Å². The lowest BCUT2D eigenvalue weighted by Gasteiger charge is -2.17. The molecule has 1 N–H and O–H groups in total. The minimum absolute atomic E-state index is 0.482. The van der Waals surface area contributed by atoms with Crippen molar-refractivity contribution >= 4 is 26.8 Å². The molecule has 0 amide bonds. The van der Waals surface area contributed by atoms with Gasteiger partial charge >= 0.3 is 0 Å². The third-order valence-electron chi connectivity index (χ3n) is 3.41. The zero-order chi connectivity index (χ0) is 13.3. The summed E-state index contributed by atoms with van der Waals surface area (Å²) in [6.07, 6.45) is 1.06. The van der Waals surface area contributed by atoms with Gasteiger partial charge in [-0.25, -0.2) is 0 Å². The van der Waals surface area contributed by atoms with Gasteiger partial charge in [-0.15, -0.1) is 0 Å². The van der Waals surface area contributed by atoms with Crippen molar-refractivity contribution in [3.8, 4) is 0 Å². The molecule has 0 aliphatic rings. The number of nitrogens with one attached hydrogen (secondary N) is 1. The predicted octanol–water partition coefficient (Wildman–Crippen LogP) is 4.14. The van der Waals surface area contributed by atoms with Gasteiger partial charge in [-0.3, -0.25) is 0 Å². The number of benzene rings is 1. The molecule has 1 atom stereocenters. The first kappa shape index (κ1) is 13.6. The standard InChI is InChI=1S/C15H21BrN2/c1-10(2)18-14(7-11(3)17-4)8-12-5-6-13(16)9-15(12)18/h5-6,8-11,17H,7H2,1-4H3. The Morgan fingerprint density at radius 3 is 2.56 bits per heavy atom. The fourth-order valence-corrected chi connectivity index (χ4v) is 2.78. The maximum Gasteiger partial charge on any atom is 0.0496 e. The van der Waals surface area contributed by atoms with E-state index in [1.807, 2.05) is 7.05 Å². The molecule has 3 heteroatoms.